The van der Waals surface area contributed by atoms with E-state index in [1.54, 1.807) is 6.20 Å². The Morgan fingerprint density at radius 1 is 1.47 bits per heavy atom. The lowest BCUT2D eigenvalue weighted by atomic mass is 10.3. The van der Waals surface area contributed by atoms with Crippen molar-refractivity contribution in [1.29, 1.82) is 0 Å². The Morgan fingerprint density at radius 3 is 2.53 bits per heavy atom. The molecule has 0 radical (unpaired) electrons. The standard InChI is InChI=1S/C9H15N3O2S/c1-3-11-7-9(10-8(11)2)15(13,14)12-5-4-6-12/h7H,3-6H2,1-2H3. The summed E-state index contributed by atoms with van der Waals surface area (Å²) >= 11 is 0. The molecule has 1 saturated heterocycles. The van der Waals surface area contributed by atoms with E-state index in [1.807, 2.05) is 18.4 Å². The van der Waals surface area contributed by atoms with Crippen LogP contribution in [0.2, 0.25) is 0 Å². The van der Waals surface area contributed by atoms with Crippen LogP contribution in [0.5, 0.6) is 0 Å². The van der Waals surface area contributed by atoms with E-state index in [0.717, 1.165) is 18.8 Å². The summed E-state index contributed by atoms with van der Waals surface area (Å²) in [5, 5.41) is 0.182. The molecule has 0 spiro atoms. The monoisotopic (exact) mass is 229 g/mol. The van der Waals surface area contributed by atoms with E-state index in [9.17, 15) is 8.42 Å². The van der Waals surface area contributed by atoms with E-state index in [-0.39, 0.29) is 5.03 Å². The first-order valence-corrected chi connectivity index (χ1v) is 6.53. The molecule has 15 heavy (non-hydrogen) atoms. The first-order chi connectivity index (χ1) is 7.05. The number of rotatable bonds is 3. The SMILES string of the molecule is CCn1cc(S(=O)(=O)N2CCC2)nc1C. The first kappa shape index (κ1) is 10.6. The van der Waals surface area contributed by atoms with Crippen LogP contribution in [0.1, 0.15) is 19.2 Å². The van der Waals surface area contributed by atoms with Crippen molar-refractivity contribution in [2.75, 3.05) is 13.1 Å². The van der Waals surface area contributed by atoms with E-state index in [4.69, 9.17) is 0 Å². The van der Waals surface area contributed by atoms with Crippen molar-refractivity contribution < 1.29 is 8.42 Å². The minimum Gasteiger partial charge on any atom is -0.334 e. The van der Waals surface area contributed by atoms with Crippen LogP contribution in [0.15, 0.2) is 11.2 Å². The lowest BCUT2D eigenvalue weighted by Gasteiger charge is -2.28. The summed E-state index contributed by atoms with van der Waals surface area (Å²) in [5.74, 6) is 0.747. The minimum absolute atomic E-state index is 0.182. The van der Waals surface area contributed by atoms with Crippen molar-refractivity contribution in [1.82, 2.24) is 13.9 Å². The maximum Gasteiger partial charge on any atom is 0.262 e. The molecule has 84 valence electrons. The van der Waals surface area contributed by atoms with E-state index in [1.165, 1.54) is 4.31 Å². The van der Waals surface area contributed by atoms with Crippen LogP contribution in [0.25, 0.3) is 0 Å². The van der Waals surface area contributed by atoms with Gasteiger partial charge in [-0.3, -0.25) is 0 Å². The van der Waals surface area contributed by atoms with E-state index in [2.05, 4.69) is 4.98 Å². The van der Waals surface area contributed by atoms with Gasteiger partial charge in [-0.1, -0.05) is 0 Å². The zero-order valence-electron chi connectivity index (χ0n) is 8.97. The van der Waals surface area contributed by atoms with Crippen LogP contribution < -0.4 is 0 Å². The first-order valence-electron chi connectivity index (χ1n) is 5.09. The summed E-state index contributed by atoms with van der Waals surface area (Å²) in [4.78, 5) is 4.09. The largest absolute Gasteiger partial charge is 0.334 e. The van der Waals surface area contributed by atoms with Gasteiger partial charge in [0.05, 0.1) is 0 Å². The Hall–Kier alpha value is -0.880. The third-order valence-electron chi connectivity index (χ3n) is 2.71. The maximum atomic E-state index is 11.9. The van der Waals surface area contributed by atoms with Gasteiger partial charge in [-0.2, -0.15) is 4.31 Å². The lowest BCUT2D eigenvalue weighted by Crippen LogP contribution is -2.42. The van der Waals surface area contributed by atoms with Gasteiger partial charge in [-0.25, -0.2) is 13.4 Å². The Morgan fingerprint density at radius 2 is 2.13 bits per heavy atom. The smallest absolute Gasteiger partial charge is 0.262 e. The second-order valence-corrected chi connectivity index (χ2v) is 5.55. The summed E-state index contributed by atoms with van der Waals surface area (Å²) < 4.78 is 27.2. The Balaban J connectivity index is 2.36. The van der Waals surface area contributed by atoms with Crippen molar-refractivity contribution in [3.05, 3.63) is 12.0 Å². The minimum atomic E-state index is -3.31. The molecule has 6 heteroatoms. The molecule has 0 aromatic carbocycles. The van der Waals surface area contributed by atoms with Crippen LogP contribution in [-0.2, 0) is 16.6 Å². The summed E-state index contributed by atoms with van der Waals surface area (Å²) in [7, 11) is -3.31. The number of sulfonamides is 1. The highest BCUT2D eigenvalue weighted by Gasteiger charge is 2.31. The predicted molar refractivity (Wildman–Crippen MR) is 56.0 cm³/mol. The van der Waals surface area contributed by atoms with Crippen LogP contribution in [-0.4, -0.2) is 35.4 Å². The van der Waals surface area contributed by atoms with Crippen molar-refractivity contribution in [3.8, 4) is 0 Å². The van der Waals surface area contributed by atoms with Gasteiger partial charge in [0.2, 0.25) is 0 Å². The van der Waals surface area contributed by atoms with Gasteiger partial charge >= 0.3 is 0 Å². The van der Waals surface area contributed by atoms with Crippen LogP contribution in [0.4, 0.5) is 0 Å². The molecular weight excluding hydrogens is 214 g/mol. The quantitative estimate of drug-likeness (QED) is 0.763. The molecule has 0 N–H and O–H groups in total. The fourth-order valence-corrected chi connectivity index (χ4v) is 3.09. The molecule has 1 aromatic heterocycles. The molecule has 0 aliphatic carbocycles. The highest BCUT2D eigenvalue weighted by Crippen LogP contribution is 2.20. The van der Waals surface area contributed by atoms with Gasteiger partial charge in [0.1, 0.15) is 5.82 Å². The van der Waals surface area contributed by atoms with Gasteiger partial charge in [0, 0.05) is 25.8 Å². The zero-order chi connectivity index (χ0) is 11.1. The molecule has 0 atom stereocenters. The number of hydrogen-bond donors (Lipinski definition) is 0. The number of aromatic nitrogens is 2. The number of hydrogen-bond acceptors (Lipinski definition) is 3. The highest BCUT2D eigenvalue weighted by atomic mass is 32.2. The van der Waals surface area contributed by atoms with E-state index in [0.29, 0.717) is 13.1 Å². The van der Waals surface area contributed by atoms with E-state index >= 15 is 0 Å². The van der Waals surface area contributed by atoms with Gasteiger partial charge in [-0.15, -0.1) is 0 Å². The van der Waals surface area contributed by atoms with Gasteiger partial charge < -0.3 is 4.57 Å². The topological polar surface area (TPSA) is 55.2 Å². The highest BCUT2D eigenvalue weighted by molar-refractivity contribution is 7.89. The Bertz CT molecular complexity index is 460. The summed E-state index contributed by atoms with van der Waals surface area (Å²) in [6, 6.07) is 0. The van der Waals surface area contributed by atoms with Crippen molar-refractivity contribution in [2.24, 2.45) is 0 Å². The average molecular weight is 229 g/mol. The number of imidazole rings is 1. The summed E-state index contributed by atoms with van der Waals surface area (Å²) in [6.45, 7) is 5.78. The molecule has 0 saturated carbocycles. The molecule has 1 aliphatic rings. The zero-order valence-corrected chi connectivity index (χ0v) is 9.79. The molecule has 1 fully saturated rings. The molecule has 2 heterocycles. The molecule has 1 aromatic rings. The number of aryl methyl sites for hydroxylation is 2. The molecule has 0 unspecified atom stereocenters. The number of nitrogens with zero attached hydrogens (tertiary/aromatic N) is 3. The molecule has 2 rings (SSSR count). The Labute approximate surface area is 89.8 Å². The van der Waals surface area contributed by atoms with E-state index < -0.39 is 10.0 Å². The van der Waals surface area contributed by atoms with Crippen LogP contribution >= 0.6 is 0 Å². The predicted octanol–water partition coefficient (Wildman–Crippen LogP) is 0.606. The van der Waals surface area contributed by atoms with Gasteiger partial charge in [-0.05, 0) is 20.3 Å². The maximum absolute atomic E-state index is 11.9. The van der Waals surface area contributed by atoms with Crippen molar-refractivity contribution >= 4 is 10.0 Å². The second-order valence-electron chi connectivity index (χ2n) is 3.67. The summed E-state index contributed by atoms with van der Waals surface area (Å²) in [6.07, 6.45) is 2.57. The van der Waals surface area contributed by atoms with Gasteiger partial charge in [0.15, 0.2) is 5.03 Å². The normalized spacial score (nSPS) is 17.7. The molecular formula is C9H15N3O2S. The molecule has 5 nitrogen and oxygen atoms in total. The third kappa shape index (κ3) is 1.68. The second kappa shape index (κ2) is 3.61. The van der Waals surface area contributed by atoms with Crippen molar-refractivity contribution in [3.63, 3.8) is 0 Å². The van der Waals surface area contributed by atoms with Gasteiger partial charge in [0.25, 0.3) is 10.0 Å². The fourth-order valence-electron chi connectivity index (χ4n) is 1.58. The molecule has 0 amide bonds. The molecule has 0 bridgehead atoms. The van der Waals surface area contributed by atoms with Crippen LogP contribution in [0, 0.1) is 6.92 Å². The fraction of sp³-hybridized carbons (Fsp3) is 0.667. The third-order valence-corrected chi connectivity index (χ3v) is 4.48. The average Bonchev–Trinajstić information content (AvgIpc) is 2.43. The summed E-state index contributed by atoms with van der Waals surface area (Å²) in [5.41, 5.74) is 0. The Kier molecular flexibility index (Phi) is 2.56. The lowest BCUT2D eigenvalue weighted by molar-refractivity contribution is 0.308. The van der Waals surface area contributed by atoms with Crippen molar-refractivity contribution in [2.45, 2.75) is 31.8 Å². The van der Waals surface area contributed by atoms with Crippen LogP contribution in [0.3, 0.4) is 0 Å². The molecule has 1 aliphatic heterocycles.